The Morgan fingerprint density at radius 2 is 1.36 bits per heavy atom. The molecule has 0 aromatic heterocycles. The molecule has 4 aliphatic rings. The van der Waals surface area contributed by atoms with Crippen LogP contribution in [0.3, 0.4) is 0 Å². The van der Waals surface area contributed by atoms with E-state index < -0.39 is 16.6 Å². The molecule has 4 rings (SSSR count). The summed E-state index contributed by atoms with van der Waals surface area (Å²) >= 11 is 0. The maximum absolute atomic E-state index is 6.74. The SMILES string of the molecule is CC12CCC3C(CC[C@H]4C[C@H](O[Si](C)(C)C)CCC34)C1CC[C@@H]2O[Si](C)(C)C. The van der Waals surface area contributed by atoms with E-state index in [1.54, 1.807) is 0 Å². The summed E-state index contributed by atoms with van der Waals surface area (Å²) in [4.78, 5) is 0. The minimum atomic E-state index is -1.46. The summed E-state index contributed by atoms with van der Waals surface area (Å²) < 4.78 is 13.3. The number of hydrogen-bond donors (Lipinski definition) is 0. The Morgan fingerprint density at radius 1 is 0.679 bits per heavy atom. The van der Waals surface area contributed by atoms with Crippen LogP contribution in [0, 0.1) is 35.0 Å². The Balaban J connectivity index is 1.43. The van der Waals surface area contributed by atoms with Crippen molar-refractivity contribution in [3.8, 4) is 0 Å². The van der Waals surface area contributed by atoms with Gasteiger partial charge in [0.1, 0.15) is 0 Å². The molecule has 0 spiro atoms. The van der Waals surface area contributed by atoms with Gasteiger partial charge in [0.15, 0.2) is 16.6 Å². The summed E-state index contributed by atoms with van der Waals surface area (Å²) in [6.45, 7) is 16.8. The highest BCUT2D eigenvalue weighted by atomic mass is 28.4. The highest BCUT2D eigenvalue weighted by molar-refractivity contribution is 6.70. The molecular weight excluding hydrogens is 376 g/mol. The monoisotopic (exact) mass is 422 g/mol. The Hall–Kier alpha value is 0.354. The van der Waals surface area contributed by atoms with Gasteiger partial charge in [-0.15, -0.1) is 0 Å². The molecule has 0 amide bonds. The van der Waals surface area contributed by atoms with Gasteiger partial charge in [0.2, 0.25) is 0 Å². The summed E-state index contributed by atoms with van der Waals surface area (Å²) in [6.07, 6.45) is 13.9. The molecule has 0 radical (unpaired) electrons. The van der Waals surface area contributed by atoms with Crippen LogP contribution < -0.4 is 0 Å². The van der Waals surface area contributed by atoms with Gasteiger partial charge in [-0.25, -0.2) is 0 Å². The van der Waals surface area contributed by atoms with Crippen molar-refractivity contribution in [3.63, 3.8) is 0 Å². The van der Waals surface area contributed by atoms with E-state index in [0.717, 1.165) is 29.6 Å². The molecule has 0 heterocycles. The Bertz CT molecular complexity index is 566. The summed E-state index contributed by atoms with van der Waals surface area (Å²) in [6, 6.07) is 0. The third-order valence-corrected chi connectivity index (χ3v) is 10.9. The second kappa shape index (κ2) is 7.49. The quantitative estimate of drug-likeness (QED) is 0.451. The molecule has 0 saturated heterocycles. The fourth-order valence-corrected chi connectivity index (χ4v) is 10.4. The molecule has 4 aliphatic carbocycles. The summed E-state index contributed by atoms with van der Waals surface area (Å²) in [5, 5.41) is 0. The third-order valence-electron chi connectivity index (χ3n) is 8.84. The highest BCUT2D eigenvalue weighted by Gasteiger charge is 2.57. The van der Waals surface area contributed by atoms with E-state index in [1.165, 1.54) is 57.8 Å². The standard InChI is InChI=1S/C24H46O2Si2/c1-24-15-14-20-19-11-9-18(25-27(2,3)4)16-17(19)8-10-21(20)22(24)12-13-23(24)26-28(5,6)7/h17-23H,8-16H2,1-7H3/t17-,18+,19?,20?,21?,22?,23-,24?/m0/s1. The Kier molecular flexibility index (Phi) is 5.77. The topological polar surface area (TPSA) is 18.5 Å². The smallest absolute Gasteiger partial charge is 0.184 e. The zero-order valence-corrected chi connectivity index (χ0v) is 21.7. The molecule has 0 bridgehead atoms. The molecule has 5 unspecified atom stereocenters. The minimum Gasteiger partial charge on any atom is -0.415 e. The molecule has 2 nitrogen and oxygen atoms in total. The largest absolute Gasteiger partial charge is 0.415 e. The Labute approximate surface area is 176 Å². The molecule has 162 valence electrons. The summed E-state index contributed by atoms with van der Waals surface area (Å²) in [5.41, 5.74) is 0.465. The first-order valence-electron chi connectivity index (χ1n) is 12.3. The van der Waals surface area contributed by atoms with Crippen LogP contribution in [0.25, 0.3) is 0 Å². The average Bonchev–Trinajstić information content (AvgIpc) is 2.88. The predicted octanol–water partition coefficient (Wildman–Crippen LogP) is 7.08. The lowest BCUT2D eigenvalue weighted by molar-refractivity contribution is -0.0867. The van der Waals surface area contributed by atoms with Crippen molar-refractivity contribution in [1.29, 1.82) is 0 Å². The summed E-state index contributed by atoms with van der Waals surface area (Å²) in [5.74, 6) is 4.89. The molecule has 4 fully saturated rings. The number of hydrogen-bond acceptors (Lipinski definition) is 2. The lowest BCUT2D eigenvalue weighted by atomic mass is 9.50. The van der Waals surface area contributed by atoms with Crippen LogP contribution in [-0.2, 0) is 8.85 Å². The second-order valence-corrected chi connectivity index (χ2v) is 21.9. The maximum atomic E-state index is 6.74. The first kappa shape index (κ1) is 21.6. The van der Waals surface area contributed by atoms with Gasteiger partial charge >= 0.3 is 0 Å². The van der Waals surface area contributed by atoms with Gasteiger partial charge in [0.05, 0.1) is 6.10 Å². The molecule has 0 aromatic rings. The third kappa shape index (κ3) is 4.22. The van der Waals surface area contributed by atoms with E-state index >= 15 is 0 Å². The average molecular weight is 423 g/mol. The molecule has 0 aromatic carbocycles. The number of fused-ring (bicyclic) bond motifs is 5. The van der Waals surface area contributed by atoms with Crippen molar-refractivity contribution in [2.24, 2.45) is 35.0 Å². The van der Waals surface area contributed by atoms with Crippen LogP contribution >= 0.6 is 0 Å². The van der Waals surface area contributed by atoms with Crippen molar-refractivity contribution in [1.82, 2.24) is 0 Å². The van der Waals surface area contributed by atoms with Crippen molar-refractivity contribution in [3.05, 3.63) is 0 Å². The summed E-state index contributed by atoms with van der Waals surface area (Å²) in [7, 11) is -2.86. The minimum absolute atomic E-state index is 0.465. The lowest BCUT2D eigenvalue weighted by Gasteiger charge is -2.56. The molecule has 4 heteroatoms. The molecule has 0 N–H and O–H groups in total. The van der Waals surface area contributed by atoms with E-state index in [-0.39, 0.29) is 0 Å². The number of rotatable bonds is 4. The van der Waals surface area contributed by atoms with Gasteiger partial charge in [-0.2, -0.15) is 0 Å². The van der Waals surface area contributed by atoms with E-state index in [0.29, 0.717) is 17.6 Å². The van der Waals surface area contributed by atoms with Crippen LogP contribution in [0.2, 0.25) is 39.3 Å². The molecule has 28 heavy (non-hydrogen) atoms. The molecule has 4 saturated carbocycles. The van der Waals surface area contributed by atoms with Gasteiger partial charge in [0, 0.05) is 6.10 Å². The van der Waals surface area contributed by atoms with E-state index in [1.807, 2.05) is 0 Å². The zero-order chi connectivity index (χ0) is 20.3. The van der Waals surface area contributed by atoms with Crippen molar-refractivity contribution < 1.29 is 8.85 Å². The van der Waals surface area contributed by atoms with Crippen LogP contribution in [-0.4, -0.2) is 28.8 Å². The molecule has 8 atom stereocenters. The van der Waals surface area contributed by atoms with Crippen molar-refractivity contribution >= 4 is 16.6 Å². The van der Waals surface area contributed by atoms with Gasteiger partial charge in [-0.3, -0.25) is 0 Å². The van der Waals surface area contributed by atoms with Crippen LogP contribution in [0.4, 0.5) is 0 Å². The zero-order valence-electron chi connectivity index (χ0n) is 19.7. The van der Waals surface area contributed by atoms with Crippen LogP contribution in [0.15, 0.2) is 0 Å². The first-order valence-corrected chi connectivity index (χ1v) is 19.1. The fraction of sp³-hybridized carbons (Fsp3) is 1.00. The fourth-order valence-electron chi connectivity index (χ4n) is 7.99. The van der Waals surface area contributed by atoms with E-state index in [4.69, 9.17) is 8.85 Å². The van der Waals surface area contributed by atoms with Gasteiger partial charge in [-0.05, 0) is 132 Å². The van der Waals surface area contributed by atoms with E-state index in [2.05, 4.69) is 46.2 Å². The normalized spacial score (nSPS) is 46.6. The molecule has 0 aliphatic heterocycles. The second-order valence-electron chi connectivity index (χ2n) is 12.9. The first-order chi connectivity index (χ1) is 13.0. The lowest BCUT2D eigenvalue weighted by Crippen LogP contribution is -2.51. The van der Waals surface area contributed by atoms with Crippen LogP contribution in [0.1, 0.15) is 64.7 Å². The highest BCUT2D eigenvalue weighted by Crippen LogP contribution is 2.63. The predicted molar refractivity (Wildman–Crippen MR) is 124 cm³/mol. The molecular formula is C24H46O2Si2. The van der Waals surface area contributed by atoms with Gasteiger partial charge in [-0.1, -0.05) is 6.92 Å². The Morgan fingerprint density at radius 3 is 2.04 bits per heavy atom. The van der Waals surface area contributed by atoms with Crippen molar-refractivity contribution in [2.75, 3.05) is 0 Å². The van der Waals surface area contributed by atoms with Crippen LogP contribution in [0.5, 0.6) is 0 Å². The van der Waals surface area contributed by atoms with E-state index in [9.17, 15) is 0 Å². The maximum Gasteiger partial charge on any atom is 0.184 e. The van der Waals surface area contributed by atoms with Gasteiger partial charge in [0.25, 0.3) is 0 Å². The van der Waals surface area contributed by atoms with Gasteiger partial charge < -0.3 is 8.85 Å². The van der Waals surface area contributed by atoms with Crippen molar-refractivity contribution in [2.45, 2.75) is 116 Å².